The van der Waals surface area contributed by atoms with E-state index in [2.05, 4.69) is 15.5 Å². The maximum atomic E-state index is 11.9. The predicted molar refractivity (Wildman–Crippen MR) is 67.0 cm³/mol. The van der Waals surface area contributed by atoms with Gasteiger partial charge in [-0.2, -0.15) is 0 Å². The number of aromatic nitrogens is 2. The lowest BCUT2D eigenvalue weighted by Gasteiger charge is -2.18. The number of amidine groups is 1. The fourth-order valence-electron chi connectivity index (χ4n) is 1.70. The molecule has 7 heteroatoms. The number of nitrogens with zero attached hydrogens (tertiary/aromatic N) is 3. The van der Waals surface area contributed by atoms with Crippen molar-refractivity contribution in [1.82, 2.24) is 14.9 Å². The molecule has 1 aromatic rings. The van der Waals surface area contributed by atoms with Crippen molar-refractivity contribution in [2.45, 2.75) is 32.9 Å². The Balaban J connectivity index is 2.52. The van der Waals surface area contributed by atoms with Crippen LogP contribution in [-0.4, -0.2) is 32.5 Å². The molecule has 0 aromatic carbocycles. The van der Waals surface area contributed by atoms with Crippen LogP contribution < -0.4 is 11.1 Å². The largest absolute Gasteiger partial charge is 0.409 e. The average Bonchev–Trinajstić information content (AvgIpc) is 2.82. The van der Waals surface area contributed by atoms with Gasteiger partial charge in [0.15, 0.2) is 5.84 Å². The quantitative estimate of drug-likeness (QED) is 0.290. The minimum Gasteiger partial charge on any atom is -0.409 e. The van der Waals surface area contributed by atoms with Gasteiger partial charge in [0.05, 0.1) is 12.2 Å². The molecule has 0 spiro atoms. The number of hydrogen-bond donors (Lipinski definition) is 3. The van der Waals surface area contributed by atoms with Crippen LogP contribution in [0.15, 0.2) is 23.9 Å². The second-order valence-electron chi connectivity index (χ2n) is 4.15. The van der Waals surface area contributed by atoms with E-state index in [1.807, 2.05) is 24.6 Å². The van der Waals surface area contributed by atoms with Gasteiger partial charge in [-0.05, 0) is 13.3 Å². The Morgan fingerprint density at radius 2 is 2.39 bits per heavy atom. The van der Waals surface area contributed by atoms with Crippen molar-refractivity contribution in [3.8, 4) is 0 Å². The highest BCUT2D eigenvalue weighted by molar-refractivity contribution is 6.02. The molecule has 1 heterocycles. The van der Waals surface area contributed by atoms with Crippen molar-refractivity contribution in [3.05, 3.63) is 18.7 Å². The van der Waals surface area contributed by atoms with Crippen LogP contribution in [0.4, 0.5) is 0 Å². The number of rotatable bonds is 6. The van der Waals surface area contributed by atoms with Gasteiger partial charge in [-0.15, -0.1) is 0 Å². The van der Waals surface area contributed by atoms with Crippen molar-refractivity contribution in [2.75, 3.05) is 0 Å². The van der Waals surface area contributed by atoms with E-state index in [0.717, 1.165) is 0 Å². The van der Waals surface area contributed by atoms with E-state index in [1.165, 1.54) is 0 Å². The number of imidazole rings is 1. The molecule has 0 aliphatic rings. The third-order valence-electron chi connectivity index (χ3n) is 2.63. The number of nitrogens with two attached hydrogens (primary N) is 1. The molecule has 0 saturated carbocycles. The zero-order chi connectivity index (χ0) is 13.5. The number of amides is 1. The molecule has 4 N–H and O–H groups in total. The Bertz CT molecular complexity index is 402. The van der Waals surface area contributed by atoms with E-state index < -0.39 is 5.92 Å². The van der Waals surface area contributed by atoms with Gasteiger partial charge in [0, 0.05) is 25.0 Å². The Hall–Kier alpha value is -2.05. The van der Waals surface area contributed by atoms with Gasteiger partial charge in [-0.25, -0.2) is 4.98 Å². The monoisotopic (exact) mass is 253 g/mol. The minimum absolute atomic E-state index is 0.0627. The summed E-state index contributed by atoms with van der Waals surface area (Å²) >= 11 is 0. The Labute approximate surface area is 106 Å². The van der Waals surface area contributed by atoms with Crippen molar-refractivity contribution >= 4 is 11.7 Å². The van der Waals surface area contributed by atoms with Crippen LogP contribution in [0.25, 0.3) is 0 Å². The van der Waals surface area contributed by atoms with Gasteiger partial charge >= 0.3 is 0 Å². The zero-order valence-electron chi connectivity index (χ0n) is 10.6. The molecule has 7 nitrogen and oxygen atoms in total. The molecule has 2 unspecified atom stereocenters. The lowest BCUT2D eigenvalue weighted by Crippen LogP contribution is -2.43. The van der Waals surface area contributed by atoms with E-state index >= 15 is 0 Å². The van der Waals surface area contributed by atoms with E-state index in [0.29, 0.717) is 13.0 Å². The van der Waals surface area contributed by atoms with Crippen LogP contribution in [0.3, 0.4) is 0 Å². The Morgan fingerprint density at radius 3 is 2.89 bits per heavy atom. The SMILES string of the molecule is CCC(C(=O)NC(C)Cn1ccnc1)C(N)=NO. The van der Waals surface area contributed by atoms with Crippen molar-refractivity contribution in [1.29, 1.82) is 0 Å². The number of carbonyl (C=O) groups excluding carboxylic acids is 1. The Morgan fingerprint density at radius 1 is 1.67 bits per heavy atom. The molecule has 2 atom stereocenters. The molecule has 1 amide bonds. The highest BCUT2D eigenvalue weighted by Crippen LogP contribution is 2.04. The average molecular weight is 253 g/mol. The first-order valence-corrected chi connectivity index (χ1v) is 5.82. The first kappa shape index (κ1) is 14.0. The number of carbonyl (C=O) groups is 1. The van der Waals surface area contributed by atoms with E-state index in [4.69, 9.17) is 10.9 Å². The van der Waals surface area contributed by atoms with Crippen LogP contribution in [0.1, 0.15) is 20.3 Å². The maximum absolute atomic E-state index is 11.9. The van der Waals surface area contributed by atoms with Crippen LogP contribution in [0, 0.1) is 5.92 Å². The molecule has 0 aliphatic carbocycles. The summed E-state index contributed by atoms with van der Waals surface area (Å²) in [6.45, 7) is 4.32. The fraction of sp³-hybridized carbons (Fsp3) is 0.545. The summed E-state index contributed by atoms with van der Waals surface area (Å²) in [7, 11) is 0. The Kier molecular flexibility index (Phi) is 5.16. The summed E-state index contributed by atoms with van der Waals surface area (Å²) < 4.78 is 1.87. The van der Waals surface area contributed by atoms with E-state index in [9.17, 15) is 4.79 Å². The van der Waals surface area contributed by atoms with Crippen LogP contribution in [0.5, 0.6) is 0 Å². The second kappa shape index (κ2) is 6.63. The zero-order valence-corrected chi connectivity index (χ0v) is 10.6. The van der Waals surface area contributed by atoms with E-state index in [-0.39, 0.29) is 17.8 Å². The highest BCUT2D eigenvalue weighted by Gasteiger charge is 2.22. The lowest BCUT2D eigenvalue weighted by molar-refractivity contribution is -0.123. The topological polar surface area (TPSA) is 106 Å². The van der Waals surface area contributed by atoms with Gasteiger partial charge in [0.25, 0.3) is 0 Å². The van der Waals surface area contributed by atoms with Crippen molar-refractivity contribution < 1.29 is 10.0 Å². The summed E-state index contributed by atoms with van der Waals surface area (Å²) in [6.07, 6.45) is 5.67. The van der Waals surface area contributed by atoms with Crippen molar-refractivity contribution in [2.24, 2.45) is 16.8 Å². The number of hydrogen-bond acceptors (Lipinski definition) is 4. The van der Waals surface area contributed by atoms with Gasteiger partial charge in [0.1, 0.15) is 0 Å². The van der Waals surface area contributed by atoms with Gasteiger partial charge < -0.3 is 20.8 Å². The smallest absolute Gasteiger partial charge is 0.231 e. The summed E-state index contributed by atoms with van der Waals surface area (Å²) in [4.78, 5) is 15.8. The molecule has 0 saturated heterocycles. The summed E-state index contributed by atoms with van der Waals surface area (Å²) in [5, 5.41) is 14.3. The predicted octanol–water partition coefficient (Wildman–Crippen LogP) is 0.160. The third-order valence-corrected chi connectivity index (χ3v) is 2.63. The summed E-state index contributed by atoms with van der Waals surface area (Å²) in [5.41, 5.74) is 5.46. The molecule has 18 heavy (non-hydrogen) atoms. The first-order valence-electron chi connectivity index (χ1n) is 5.82. The van der Waals surface area contributed by atoms with Gasteiger partial charge in [-0.1, -0.05) is 12.1 Å². The van der Waals surface area contributed by atoms with E-state index in [1.54, 1.807) is 12.5 Å². The van der Waals surface area contributed by atoms with Gasteiger partial charge in [-0.3, -0.25) is 4.79 Å². The summed E-state index contributed by atoms with van der Waals surface area (Å²) in [6, 6.07) is -0.0627. The molecular weight excluding hydrogens is 234 g/mol. The fourth-order valence-corrected chi connectivity index (χ4v) is 1.70. The standard InChI is InChI=1S/C11H19N5O2/c1-3-9(10(12)15-18)11(17)14-8(2)6-16-5-4-13-7-16/h4-5,7-9,18H,3,6H2,1-2H3,(H2,12,15)(H,14,17). The van der Waals surface area contributed by atoms with Crippen molar-refractivity contribution in [3.63, 3.8) is 0 Å². The molecule has 1 aromatic heterocycles. The minimum atomic E-state index is -0.597. The molecule has 0 bridgehead atoms. The maximum Gasteiger partial charge on any atom is 0.231 e. The van der Waals surface area contributed by atoms with Crippen LogP contribution >= 0.6 is 0 Å². The first-order chi connectivity index (χ1) is 8.58. The molecule has 0 radical (unpaired) electrons. The van der Waals surface area contributed by atoms with Crippen LogP contribution in [0.2, 0.25) is 0 Å². The van der Waals surface area contributed by atoms with Gasteiger partial charge in [0.2, 0.25) is 5.91 Å². The van der Waals surface area contributed by atoms with Crippen LogP contribution in [-0.2, 0) is 11.3 Å². The molecule has 100 valence electrons. The third kappa shape index (κ3) is 3.76. The molecule has 0 aliphatic heterocycles. The normalized spacial score (nSPS) is 15.1. The second-order valence-corrected chi connectivity index (χ2v) is 4.15. The number of nitrogens with one attached hydrogen (secondary N) is 1. The molecule has 0 fully saturated rings. The molecule has 1 rings (SSSR count). The molecular formula is C11H19N5O2. The highest BCUT2D eigenvalue weighted by atomic mass is 16.4. The lowest BCUT2D eigenvalue weighted by atomic mass is 10.0. The number of oxime groups is 1. The summed E-state index contributed by atoms with van der Waals surface area (Å²) in [5.74, 6) is -0.898.